The zero-order valence-corrected chi connectivity index (χ0v) is 17.0. The summed E-state index contributed by atoms with van der Waals surface area (Å²) in [5.41, 5.74) is 3.65. The summed E-state index contributed by atoms with van der Waals surface area (Å²) in [6, 6.07) is 10.1. The van der Waals surface area contributed by atoms with Crippen LogP contribution in [-0.2, 0) is 10.2 Å². The third-order valence-corrected chi connectivity index (χ3v) is 5.04. The number of rotatable bonds is 3. The van der Waals surface area contributed by atoms with Crippen LogP contribution in [0.25, 0.3) is 0 Å². The molecule has 1 aliphatic heterocycles. The molecule has 0 radical (unpaired) electrons. The van der Waals surface area contributed by atoms with Crippen molar-refractivity contribution in [3.05, 3.63) is 53.9 Å². The molecule has 0 aliphatic carbocycles. The molecule has 6 nitrogen and oxygen atoms in total. The number of hydrogen-bond donors (Lipinski definition) is 1. The summed E-state index contributed by atoms with van der Waals surface area (Å²) in [6.07, 6.45) is 3.30. The summed E-state index contributed by atoms with van der Waals surface area (Å²) >= 11 is 0. The molecule has 1 aromatic heterocycles. The number of carbonyl (C=O) groups is 2. The Morgan fingerprint density at radius 3 is 2.11 bits per heavy atom. The lowest BCUT2D eigenvalue weighted by Gasteiger charge is -2.34. The molecule has 3 rings (SSSR count). The van der Waals surface area contributed by atoms with Crippen LogP contribution in [0.4, 0.5) is 11.4 Å². The van der Waals surface area contributed by atoms with Crippen molar-refractivity contribution in [3.63, 3.8) is 0 Å². The maximum Gasteiger partial charge on any atom is 0.255 e. The number of aromatic nitrogens is 1. The van der Waals surface area contributed by atoms with Gasteiger partial charge in [-0.25, -0.2) is 0 Å². The number of carbonyl (C=O) groups excluding carboxylic acids is 2. The van der Waals surface area contributed by atoms with Crippen molar-refractivity contribution in [1.82, 2.24) is 14.8 Å². The Morgan fingerprint density at radius 1 is 0.929 bits per heavy atom. The average molecular weight is 380 g/mol. The maximum absolute atomic E-state index is 12.8. The van der Waals surface area contributed by atoms with E-state index in [9.17, 15) is 9.59 Å². The van der Waals surface area contributed by atoms with E-state index in [1.807, 2.05) is 18.2 Å². The molecule has 1 aliphatic rings. The van der Waals surface area contributed by atoms with Gasteiger partial charge in [0.1, 0.15) is 0 Å². The van der Waals surface area contributed by atoms with Crippen molar-refractivity contribution in [2.45, 2.75) is 33.1 Å². The number of nitrogens with zero attached hydrogens (tertiary/aromatic N) is 3. The SMILES string of the molecule is CC(=O)N1CCN(C(=O)c2cncc(Nc3ccc(C(C)(C)C)cc3)c2)CC1. The first-order chi connectivity index (χ1) is 13.2. The lowest BCUT2D eigenvalue weighted by molar-refractivity contribution is -0.130. The minimum atomic E-state index is -0.0533. The third-order valence-electron chi connectivity index (χ3n) is 5.04. The Balaban J connectivity index is 1.67. The van der Waals surface area contributed by atoms with Crippen molar-refractivity contribution in [2.24, 2.45) is 0 Å². The lowest BCUT2D eigenvalue weighted by Crippen LogP contribution is -2.50. The second-order valence-electron chi connectivity index (χ2n) is 8.21. The normalized spacial score (nSPS) is 14.7. The predicted octanol–water partition coefficient (Wildman–Crippen LogP) is 3.43. The van der Waals surface area contributed by atoms with Crippen LogP contribution >= 0.6 is 0 Å². The molecule has 0 bridgehead atoms. The van der Waals surface area contributed by atoms with Gasteiger partial charge in [0.2, 0.25) is 5.91 Å². The minimum absolute atomic E-state index is 0.0532. The van der Waals surface area contributed by atoms with Crippen LogP contribution < -0.4 is 5.32 Å². The molecule has 0 spiro atoms. The van der Waals surface area contributed by atoms with E-state index in [1.54, 1.807) is 29.1 Å². The van der Waals surface area contributed by atoms with Crippen LogP contribution in [0, 0.1) is 0 Å². The first kappa shape index (κ1) is 19.9. The third kappa shape index (κ3) is 4.68. The Labute approximate surface area is 166 Å². The van der Waals surface area contributed by atoms with E-state index in [4.69, 9.17) is 0 Å². The van der Waals surface area contributed by atoms with Crippen molar-refractivity contribution in [3.8, 4) is 0 Å². The second-order valence-corrected chi connectivity index (χ2v) is 8.21. The predicted molar refractivity (Wildman–Crippen MR) is 111 cm³/mol. The topological polar surface area (TPSA) is 65.5 Å². The summed E-state index contributed by atoms with van der Waals surface area (Å²) in [5.74, 6) is -0.000116. The van der Waals surface area contributed by atoms with Gasteiger partial charge in [-0.05, 0) is 29.2 Å². The van der Waals surface area contributed by atoms with Crippen molar-refractivity contribution >= 4 is 23.2 Å². The number of nitrogens with one attached hydrogen (secondary N) is 1. The molecule has 148 valence electrons. The highest BCUT2D eigenvalue weighted by atomic mass is 16.2. The number of anilines is 2. The molecular weight excluding hydrogens is 352 g/mol. The summed E-state index contributed by atoms with van der Waals surface area (Å²) in [5, 5.41) is 3.32. The molecule has 2 amide bonds. The summed E-state index contributed by atoms with van der Waals surface area (Å²) in [4.78, 5) is 32.0. The fourth-order valence-corrected chi connectivity index (χ4v) is 3.25. The molecule has 0 unspecified atom stereocenters. The van der Waals surface area contributed by atoms with Gasteiger partial charge in [-0.3, -0.25) is 14.6 Å². The summed E-state index contributed by atoms with van der Waals surface area (Å²) in [7, 11) is 0. The Morgan fingerprint density at radius 2 is 1.54 bits per heavy atom. The van der Waals surface area contributed by atoms with Gasteiger partial charge < -0.3 is 15.1 Å². The van der Waals surface area contributed by atoms with E-state index < -0.39 is 0 Å². The molecular formula is C22H28N4O2. The standard InChI is InChI=1S/C22H28N4O2/c1-16(27)25-9-11-26(12-10-25)21(28)17-13-20(15-23-14-17)24-19-7-5-18(6-8-19)22(2,3)4/h5-8,13-15,24H,9-12H2,1-4H3. The average Bonchev–Trinajstić information content (AvgIpc) is 2.67. The highest BCUT2D eigenvalue weighted by Gasteiger charge is 2.23. The lowest BCUT2D eigenvalue weighted by atomic mass is 9.87. The number of pyridine rings is 1. The quantitative estimate of drug-likeness (QED) is 0.886. The molecule has 0 saturated carbocycles. The maximum atomic E-state index is 12.8. The van der Waals surface area contributed by atoms with Gasteiger partial charge in [0.05, 0.1) is 17.4 Å². The summed E-state index contributed by atoms with van der Waals surface area (Å²) in [6.45, 7) is 10.4. The van der Waals surface area contributed by atoms with E-state index >= 15 is 0 Å². The summed E-state index contributed by atoms with van der Waals surface area (Å²) < 4.78 is 0. The number of amides is 2. The highest BCUT2D eigenvalue weighted by molar-refractivity contribution is 5.95. The van der Waals surface area contributed by atoms with Gasteiger partial charge in [0.15, 0.2) is 0 Å². The van der Waals surface area contributed by atoms with E-state index in [0.29, 0.717) is 31.7 Å². The van der Waals surface area contributed by atoms with E-state index in [-0.39, 0.29) is 17.2 Å². The van der Waals surface area contributed by atoms with E-state index in [2.05, 4.69) is 43.2 Å². The molecule has 1 fully saturated rings. The molecule has 2 aromatic rings. The van der Waals surface area contributed by atoms with Gasteiger partial charge in [-0.1, -0.05) is 32.9 Å². The van der Waals surface area contributed by atoms with Crippen LogP contribution in [0.3, 0.4) is 0 Å². The van der Waals surface area contributed by atoms with Crippen LogP contribution in [0.2, 0.25) is 0 Å². The first-order valence-electron chi connectivity index (χ1n) is 9.61. The Bertz CT molecular complexity index is 848. The fourth-order valence-electron chi connectivity index (χ4n) is 3.25. The fraction of sp³-hybridized carbons (Fsp3) is 0.409. The molecule has 1 N–H and O–H groups in total. The largest absolute Gasteiger partial charge is 0.354 e. The Kier molecular flexibility index (Phi) is 5.68. The Hall–Kier alpha value is -2.89. The van der Waals surface area contributed by atoms with Crippen molar-refractivity contribution in [1.29, 1.82) is 0 Å². The number of hydrogen-bond acceptors (Lipinski definition) is 4. The second kappa shape index (κ2) is 8.00. The van der Waals surface area contributed by atoms with Crippen LogP contribution in [0.5, 0.6) is 0 Å². The smallest absolute Gasteiger partial charge is 0.255 e. The molecule has 28 heavy (non-hydrogen) atoms. The van der Waals surface area contributed by atoms with Gasteiger partial charge >= 0.3 is 0 Å². The zero-order chi connectivity index (χ0) is 20.3. The minimum Gasteiger partial charge on any atom is -0.354 e. The number of piperazine rings is 1. The van der Waals surface area contributed by atoms with Crippen LogP contribution in [-0.4, -0.2) is 52.8 Å². The van der Waals surface area contributed by atoms with Gasteiger partial charge in [-0.2, -0.15) is 0 Å². The van der Waals surface area contributed by atoms with Crippen molar-refractivity contribution in [2.75, 3.05) is 31.5 Å². The van der Waals surface area contributed by atoms with E-state index in [1.165, 1.54) is 5.56 Å². The first-order valence-corrected chi connectivity index (χ1v) is 9.61. The number of benzene rings is 1. The molecule has 0 atom stereocenters. The van der Waals surface area contributed by atoms with Gasteiger partial charge in [-0.15, -0.1) is 0 Å². The van der Waals surface area contributed by atoms with Crippen LogP contribution in [0.1, 0.15) is 43.6 Å². The molecule has 1 saturated heterocycles. The zero-order valence-electron chi connectivity index (χ0n) is 17.0. The molecule has 2 heterocycles. The monoisotopic (exact) mass is 380 g/mol. The highest BCUT2D eigenvalue weighted by Crippen LogP contribution is 2.25. The van der Waals surface area contributed by atoms with E-state index in [0.717, 1.165) is 11.4 Å². The van der Waals surface area contributed by atoms with Gasteiger partial charge in [0, 0.05) is 45.0 Å². The molecule has 1 aromatic carbocycles. The van der Waals surface area contributed by atoms with Crippen molar-refractivity contribution < 1.29 is 9.59 Å². The van der Waals surface area contributed by atoms with Crippen LogP contribution in [0.15, 0.2) is 42.7 Å². The van der Waals surface area contributed by atoms with Gasteiger partial charge in [0.25, 0.3) is 5.91 Å². The molecule has 6 heteroatoms.